The van der Waals surface area contributed by atoms with E-state index in [0.717, 1.165) is 37.1 Å². The fourth-order valence-corrected chi connectivity index (χ4v) is 4.59. The van der Waals surface area contributed by atoms with Gasteiger partial charge >= 0.3 is 0 Å². The summed E-state index contributed by atoms with van der Waals surface area (Å²) < 4.78 is 28.3. The molecule has 1 saturated heterocycles. The van der Waals surface area contributed by atoms with Gasteiger partial charge in [-0.15, -0.1) is 0 Å². The van der Waals surface area contributed by atoms with Gasteiger partial charge in [0.2, 0.25) is 0 Å². The molecule has 2 aromatic carbocycles. The zero-order valence-electron chi connectivity index (χ0n) is 16.0. The van der Waals surface area contributed by atoms with E-state index in [0.29, 0.717) is 17.2 Å². The van der Waals surface area contributed by atoms with Crippen LogP contribution in [0.4, 0.5) is 5.69 Å². The number of anilines is 1. The van der Waals surface area contributed by atoms with Gasteiger partial charge in [0, 0.05) is 18.7 Å². The molecule has 144 valence electrons. The van der Waals surface area contributed by atoms with Crippen LogP contribution in [0.1, 0.15) is 41.3 Å². The Balaban J connectivity index is 1.90. The third kappa shape index (κ3) is 4.33. The maximum absolute atomic E-state index is 13.0. The molecule has 27 heavy (non-hydrogen) atoms. The molecule has 0 spiro atoms. The number of rotatable bonds is 4. The number of sulfonamides is 1. The number of likely N-dealkylation sites (tertiary alicyclic amines) is 1. The van der Waals surface area contributed by atoms with E-state index < -0.39 is 10.0 Å². The summed E-state index contributed by atoms with van der Waals surface area (Å²) in [5, 5.41) is 0. The van der Waals surface area contributed by atoms with Crippen LogP contribution >= 0.6 is 0 Å². The Kier molecular flexibility index (Phi) is 5.56. The average Bonchev–Trinajstić information content (AvgIpc) is 2.63. The molecular formula is C21H26N2O3S. The van der Waals surface area contributed by atoms with Crippen LogP contribution < -0.4 is 4.72 Å². The molecular weight excluding hydrogens is 360 g/mol. The summed E-state index contributed by atoms with van der Waals surface area (Å²) in [4.78, 5) is 14.9. The summed E-state index contributed by atoms with van der Waals surface area (Å²) in [6, 6.07) is 12.0. The molecule has 1 N–H and O–H groups in total. The van der Waals surface area contributed by atoms with E-state index in [9.17, 15) is 13.2 Å². The first kappa shape index (κ1) is 19.4. The lowest BCUT2D eigenvalue weighted by molar-refractivity contribution is 0.0682. The molecule has 5 nitrogen and oxygen atoms in total. The molecule has 0 unspecified atom stereocenters. The molecule has 0 aliphatic carbocycles. The highest BCUT2D eigenvalue weighted by molar-refractivity contribution is 7.92. The number of nitrogens with one attached hydrogen (secondary N) is 1. The third-order valence-electron chi connectivity index (χ3n) is 5.08. The fraction of sp³-hybridized carbons (Fsp3) is 0.381. The van der Waals surface area contributed by atoms with Gasteiger partial charge in [-0.2, -0.15) is 0 Å². The Morgan fingerprint density at radius 2 is 1.85 bits per heavy atom. The lowest BCUT2D eigenvalue weighted by atomic mass is 9.99. The van der Waals surface area contributed by atoms with E-state index >= 15 is 0 Å². The molecule has 3 rings (SSSR count). The average molecular weight is 387 g/mol. The lowest BCUT2D eigenvalue weighted by Gasteiger charge is -2.31. The maximum Gasteiger partial charge on any atom is 0.261 e. The van der Waals surface area contributed by atoms with E-state index in [1.807, 2.05) is 30.9 Å². The number of carbonyl (C=O) groups excluding carboxylic acids is 1. The van der Waals surface area contributed by atoms with Crippen LogP contribution in [-0.2, 0) is 10.0 Å². The van der Waals surface area contributed by atoms with E-state index in [-0.39, 0.29) is 10.8 Å². The first-order valence-electron chi connectivity index (χ1n) is 9.26. The maximum atomic E-state index is 13.0. The van der Waals surface area contributed by atoms with Crippen LogP contribution in [0, 0.1) is 19.8 Å². The van der Waals surface area contributed by atoms with Crippen molar-refractivity contribution in [1.29, 1.82) is 0 Å². The van der Waals surface area contributed by atoms with Crippen LogP contribution in [0.25, 0.3) is 0 Å². The fourth-order valence-electron chi connectivity index (χ4n) is 3.43. The van der Waals surface area contributed by atoms with Crippen LogP contribution in [0.3, 0.4) is 0 Å². The van der Waals surface area contributed by atoms with Crippen LogP contribution in [0.2, 0.25) is 0 Å². The Hall–Kier alpha value is -2.34. The van der Waals surface area contributed by atoms with E-state index in [1.54, 1.807) is 24.3 Å². The topological polar surface area (TPSA) is 66.5 Å². The minimum Gasteiger partial charge on any atom is -0.338 e. The molecule has 0 saturated carbocycles. The predicted octanol–water partition coefficient (Wildman–Crippen LogP) is 3.98. The predicted molar refractivity (Wildman–Crippen MR) is 107 cm³/mol. The zero-order chi connectivity index (χ0) is 19.6. The monoisotopic (exact) mass is 386 g/mol. The summed E-state index contributed by atoms with van der Waals surface area (Å²) in [6.07, 6.45) is 2.11. The molecule has 0 radical (unpaired) electrons. The molecule has 6 heteroatoms. The number of para-hydroxylation sites is 1. The quantitative estimate of drug-likeness (QED) is 0.864. The largest absolute Gasteiger partial charge is 0.338 e. The number of nitrogens with zero attached hydrogens (tertiary/aromatic N) is 1. The van der Waals surface area contributed by atoms with Gasteiger partial charge < -0.3 is 4.90 Å². The van der Waals surface area contributed by atoms with Crippen molar-refractivity contribution in [3.8, 4) is 0 Å². The molecule has 1 aliphatic rings. The second kappa shape index (κ2) is 7.72. The highest BCUT2D eigenvalue weighted by atomic mass is 32.2. The summed E-state index contributed by atoms with van der Waals surface area (Å²) >= 11 is 0. The summed E-state index contributed by atoms with van der Waals surface area (Å²) in [7, 11) is -3.77. The summed E-state index contributed by atoms with van der Waals surface area (Å²) in [5.74, 6) is 0.379. The van der Waals surface area contributed by atoms with Crippen molar-refractivity contribution in [2.45, 2.75) is 38.5 Å². The highest BCUT2D eigenvalue weighted by Gasteiger charge is 2.25. The van der Waals surface area contributed by atoms with Crippen molar-refractivity contribution in [2.24, 2.45) is 5.92 Å². The van der Waals surface area contributed by atoms with Gasteiger partial charge in [0.15, 0.2) is 0 Å². The van der Waals surface area contributed by atoms with Crippen molar-refractivity contribution >= 4 is 21.6 Å². The number of amides is 1. The second-order valence-corrected chi connectivity index (χ2v) is 9.08. The van der Waals surface area contributed by atoms with Crippen LogP contribution in [0.15, 0.2) is 47.4 Å². The molecule has 0 bridgehead atoms. The molecule has 1 aliphatic heterocycles. The SMILES string of the molecule is Cc1ccccc1NS(=O)(=O)c1ccc(C)c(C(=O)N2CCC[C@@H](C)C2)c1. The van der Waals surface area contributed by atoms with Gasteiger partial charge in [-0.05, 0) is 61.9 Å². The second-order valence-electron chi connectivity index (χ2n) is 7.40. The van der Waals surface area contributed by atoms with Crippen LogP contribution in [-0.4, -0.2) is 32.3 Å². The lowest BCUT2D eigenvalue weighted by Crippen LogP contribution is -2.39. The van der Waals surface area contributed by atoms with Gasteiger partial charge in [0.05, 0.1) is 10.6 Å². The number of hydrogen-bond donors (Lipinski definition) is 1. The Bertz CT molecular complexity index is 954. The van der Waals surface area contributed by atoms with E-state index in [4.69, 9.17) is 0 Å². The minimum atomic E-state index is -3.77. The molecule has 1 fully saturated rings. The molecule has 1 amide bonds. The van der Waals surface area contributed by atoms with Gasteiger partial charge in [-0.25, -0.2) is 8.42 Å². The number of benzene rings is 2. The van der Waals surface area contributed by atoms with Crippen molar-refractivity contribution in [3.05, 3.63) is 59.2 Å². The standard InChI is InChI=1S/C21H26N2O3S/c1-15-7-6-12-23(14-15)21(24)19-13-18(11-10-16(19)2)27(25,26)22-20-9-5-4-8-17(20)3/h4-5,8-11,13,15,22H,6-7,12,14H2,1-3H3/t15-/m1/s1. The number of carbonyl (C=O) groups is 1. The Morgan fingerprint density at radius 1 is 1.11 bits per heavy atom. The Morgan fingerprint density at radius 3 is 2.56 bits per heavy atom. The van der Waals surface area contributed by atoms with Crippen molar-refractivity contribution in [2.75, 3.05) is 17.8 Å². The summed E-state index contributed by atoms with van der Waals surface area (Å²) in [6.45, 7) is 7.27. The van der Waals surface area contributed by atoms with Crippen molar-refractivity contribution < 1.29 is 13.2 Å². The normalized spacial score (nSPS) is 17.6. The van der Waals surface area contributed by atoms with Crippen molar-refractivity contribution in [1.82, 2.24) is 4.90 Å². The zero-order valence-corrected chi connectivity index (χ0v) is 16.8. The Labute approximate surface area is 161 Å². The number of hydrogen-bond acceptors (Lipinski definition) is 3. The van der Waals surface area contributed by atoms with Gasteiger partial charge in [0.25, 0.3) is 15.9 Å². The smallest absolute Gasteiger partial charge is 0.261 e. The van der Waals surface area contributed by atoms with Crippen LogP contribution in [0.5, 0.6) is 0 Å². The number of aryl methyl sites for hydroxylation is 2. The minimum absolute atomic E-state index is 0.0907. The first-order chi connectivity index (χ1) is 12.8. The highest BCUT2D eigenvalue weighted by Crippen LogP contribution is 2.24. The first-order valence-corrected chi connectivity index (χ1v) is 10.7. The third-order valence-corrected chi connectivity index (χ3v) is 6.45. The molecule has 0 aromatic heterocycles. The molecule has 2 aromatic rings. The number of piperidine rings is 1. The summed E-state index contributed by atoms with van der Waals surface area (Å²) in [5.41, 5.74) is 2.62. The van der Waals surface area contributed by atoms with Gasteiger partial charge in [-0.3, -0.25) is 9.52 Å². The van der Waals surface area contributed by atoms with Crippen molar-refractivity contribution in [3.63, 3.8) is 0 Å². The van der Waals surface area contributed by atoms with E-state index in [1.165, 1.54) is 6.07 Å². The molecule has 1 heterocycles. The molecule has 1 atom stereocenters. The van der Waals surface area contributed by atoms with E-state index in [2.05, 4.69) is 11.6 Å². The van der Waals surface area contributed by atoms with Gasteiger partial charge in [0.1, 0.15) is 0 Å². The van der Waals surface area contributed by atoms with Gasteiger partial charge in [-0.1, -0.05) is 31.2 Å².